The molecule has 0 spiro atoms. The summed E-state index contributed by atoms with van der Waals surface area (Å²) in [5, 5.41) is 6.42. The molecule has 0 unspecified atom stereocenters. The normalized spacial score (nSPS) is 16.1. The zero-order chi connectivity index (χ0) is 12.1. The average molecular weight is 254 g/mol. The van der Waals surface area contributed by atoms with Crippen LogP contribution in [0, 0.1) is 0 Å². The van der Waals surface area contributed by atoms with Crippen LogP contribution in [0.3, 0.4) is 0 Å². The van der Waals surface area contributed by atoms with Crippen LogP contribution in [0.2, 0.25) is 5.15 Å². The number of hydrogen-bond acceptors (Lipinski definition) is 3. The van der Waals surface area contributed by atoms with Crippen molar-refractivity contribution in [3.8, 4) is 0 Å². The lowest BCUT2D eigenvalue weighted by molar-refractivity contribution is -0.115. The van der Waals surface area contributed by atoms with Crippen LogP contribution in [0.5, 0.6) is 0 Å². The van der Waals surface area contributed by atoms with Crippen molar-refractivity contribution < 1.29 is 4.79 Å². The van der Waals surface area contributed by atoms with E-state index in [0.29, 0.717) is 23.4 Å². The number of amides is 1. The minimum atomic E-state index is -0.0424. The number of anilines is 1. The standard InChI is InChI=1S/C12H16ClN3O/c13-11-7-10(5-6-14-11)16-12(17)8-15-9-3-1-2-4-9/h5-7,9,15H,1-4,8H2,(H,14,16,17). The van der Waals surface area contributed by atoms with Crippen molar-refractivity contribution in [3.63, 3.8) is 0 Å². The zero-order valence-corrected chi connectivity index (χ0v) is 10.3. The van der Waals surface area contributed by atoms with Gasteiger partial charge in [0.25, 0.3) is 0 Å². The van der Waals surface area contributed by atoms with Gasteiger partial charge < -0.3 is 10.6 Å². The molecule has 0 atom stereocenters. The Labute approximate surface area is 106 Å². The quantitative estimate of drug-likeness (QED) is 0.809. The highest BCUT2D eigenvalue weighted by Crippen LogP contribution is 2.17. The minimum Gasteiger partial charge on any atom is -0.325 e. The maximum atomic E-state index is 11.6. The van der Waals surface area contributed by atoms with Crippen LogP contribution < -0.4 is 10.6 Å². The summed E-state index contributed by atoms with van der Waals surface area (Å²) in [6.45, 7) is 0.352. The number of hydrogen-bond donors (Lipinski definition) is 2. The largest absolute Gasteiger partial charge is 0.325 e. The average Bonchev–Trinajstić information content (AvgIpc) is 2.79. The molecule has 1 heterocycles. The third-order valence-electron chi connectivity index (χ3n) is 2.92. The van der Waals surface area contributed by atoms with E-state index >= 15 is 0 Å². The third-order valence-corrected chi connectivity index (χ3v) is 3.12. The first-order valence-corrected chi connectivity index (χ1v) is 6.26. The Hall–Kier alpha value is -1.13. The van der Waals surface area contributed by atoms with Crippen molar-refractivity contribution in [2.75, 3.05) is 11.9 Å². The topological polar surface area (TPSA) is 54.0 Å². The fourth-order valence-corrected chi connectivity index (χ4v) is 2.23. The Kier molecular flexibility index (Phi) is 4.34. The van der Waals surface area contributed by atoms with E-state index < -0.39 is 0 Å². The molecule has 0 saturated heterocycles. The highest BCUT2D eigenvalue weighted by atomic mass is 35.5. The number of carbonyl (C=O) groups excluding carboxylic acids is 1. The molecule has 1 aliphatic rings. The van der Waals surface area contributed by atoms with Gasteiger partial charge in [0, 0.05) is 17.9 Å². The first kappa shape index (κ1) is 12.3. The molecule has 0 bridgehead atoms. The van der Waals surface area contributed by atoms with Gasteiger partial charge in [-0.2, -0.15) is 0 Å². The van der Waals surface area contributed by atoms with Gasteiger partial charge in [-0.1, -0.05) is 24.4 Å². The molecule has 2 rings (SSSR count). The van der Waals surface area contributed by atoms with Crippen LogP contribution in [-0.2, 0) is 4.79 Å². The molecule has 1 saturated carbocycles. The summed E-state index contributed by atoms with van der Waals surface area (Å²) in [6.07, 6.45) is 6.45. The van der Waals surface area contributed by atoms with Gasteiger partial charge in [-0.25, -0.2) is 4.98 Å². The summed E-state index contributed by atoms with van der Waals surface area (Å²) in [4.78, 5) is 15.5. The molecule has 17 heavy (non-hydrogen) atoms. The molecular formula is C12H16ClN3O. The molecule has 1 aromatic rings. The van der Waals surface area contributed by atoms with Crippen molar-refractivity contribution in [2.45, 2.75) is 31.7 Å². The van der Waals surface area contributed by atoms with Gasteiger partial charge in [0.15, 0.2) is 0 Å². The van der Waals surface area contributed by atoms with E-state index in [1.807, 2.05) is 0 Å². The van der Waals surface area contributed by atoms with Crippen molar-refractivity contribution in [1.29, 1.82) is 0 Å². The predicted octanol–water partition coefficient (Wildman–Crippen LogP) is 2.21. The van der Waals surface area contributed by atoms with E-state index in [1.165, 1.54) is 25.7 Å². The molecule has 2 N–H and O–H groups in total. The Balaban J connectivity index is 1.76. The van der Waals surface area contributed by atoms with Crippen molar-refractivity contribution in [2.24, 2.45) is 0 Å². The van der Waals surface area contributed by atoms with Gasteiger partial charge in [-0.15, -0.1) is 0 Å². The first-order chi connectivity index (χ1) is 8.24. The monoisotopic (exact) mass is 253 g/mol. The highest BCUT2D eigenvalue weighted by Gasteiger charge is 2.15. The van der Waals surface area contributed by atoms with Crippen molar-refractivity contribution in [1.82, 2.24) is 10.3 Å². The van der Waals surface area contributed by atoms with Gasteiger partial charge in [0.1, 0.15) is 5.15 Å². The summed E-state index contributed by atoms with van der Waals surface area (Å²) in [5.41, 5.74) is 0.684. The minimum absolute atomic E-state index is 0.0424. The molecule has 0 radical (unpaired) electrons. The van der Waals surface area contributed by atoms with Crippen LogP contribution in [0.4, 0.5) is 5.69 Å². The molecule has 1 fully saturated rings. The number of nitrogens with zero attached hydrogens (tertiary/aromatic N) is 1. The number of carbonyl (C=O) groups is 1. The number of pyridine rings is 1. The summed E-state index contributed by atoms with van der Waals surface area (Å²) < 4.78 is 0. The van der Waals surface area contributed by atoms with Crippen LogP contribution in [0.15, 0.2) is 18.3 Å². The Morgan fingerprint density at radius 2 is 2.24 bits per heavy atom. The summed E-state index contributed by atoms with van der Waals surface area (Å²) >= 11 is 5.73. The molecule has 92 valence electrons. The second-order valence-corrected chi connectivity index (χ2v) is 4.66. The fraction of sp³-hybridized carbons (Fsp3) is 0.500. The van der Waals surface area contributed by atoms with E-state index in [1.54, 1.807) is 18.3 Å². The fourth-order valence-electron chi connectivity index (χ4n) is 2.05. The van der Waals surface area contributed by atoms with E-state index in [-0.39, 0.29) is 5.91 Å². The second-order valence-electron chi connectivity index (χ2n) is 4.28. The Morgan fingerprint density at radius 1 is 1.47 bits per heavy atom. The van der Waals surface area contributed by atoms with Crippen LogP contribution in [0.25, 0.3) is 0 Å². The number of nitrogens with one attached hydrogen (secondary N) is 2. The lowest BCUT2D eigenvalue weighted by Gasteiger charge is -2.11. The van der Waals surface area contributed by atoms with Crippen molar-refractivity contribution in [3.05, 3.63) is 23.5 Å². The molecule has 1 aromatic heterocycles. The van der Waals surface area contributed by atoms with Gasteiger partial charge >= 0.3 is 0 Å². The highest BCUT2D eigenvalue weighted by molar-refractivity contribution is 6.29. The van der Waals surface area contributed by atoms with E-state index in [9.17, 15) is 4.79 Å². The maximum absolute atomic E-state index is 11.6. The molecule has 5 heteroatoms. The van der Waals surface area contributed by atoms with Crippen molar-refractivity contribution >= 4 is 23.2 Å². The molecule has 0 aromatic carbocycles. The van der Waals surface area contributed by atoms with Crippen LogP contribution in [0.1, 0.15) is 25.7 Å². The maximum Gasteiger partial charge on any atom is 0.238 e. The Morgan fingerprint density at radius 3 is 2.94 bits per heavy atom. The summed E-state index contributed by atoms with van der Waals surface area (Å²) in [5.74, 6) is -0.0424. The predicted molar refractivity (Wildman–Crippen MR) is 68.1 cm³/mol. The summed E-state index contributed by atoms with van der Waals surface area (Å²) in [7, 11) is 0. The number of halogens is 1. The third kappa shape index (κ3) is 3.98. The second kappa shape index (κ2) is 5.98. The van der Waals surface area contributed by atoms with Crippen LogP contribution in [-0.4, -0.2) is 23.5 Å². The van der Waals surface area contributed by atoms with Gasteiger partial charge in [-0.3, -0.25) is 4.79 Å². The molecule has 0 aliphatic heterocycles. The SMILES string of the molecule is O=C(CNC1CCCC1)Nc1ccnc(Cl)c1. The van der Waals surface area contributed by atoms with Gasteiger partial charge in [0.2, 0.25) is 5.91 Å². The smallest absolute Gasteiger partial charge is 0.238 e. The Bertz CT molecular complexity index is 391. The lowest BCUT2D eigenvalue weighted by atomic mass is 10.2. The van der Waals surface area contributed by atoms with Crippen LogP contribution >= 0.6 is 11.6 Å². The molecule has 1 amide bonds. The summed E-state index contributed by atoms with van der Waals surface area (Å²) in [6, 6.07) is 3.86. The number of rotatable bonds is 4. The van der Waals surface area contributed by atoms with Gasteiger partial charge in [-0.05, 0) is 25.0 Å². The van der Waals surface area contributed by atoms with E-state index in [4.69, 9.17) is 11.6 Å². The number of aromatic nitrogens is 1. The van der Waals surface area contributed by atoms with E-state index in [0.717, 1.165) is 0 Å². The molecule has 1 aliphatic carbocycles. The first-order valence-electron chi connectivity index (χ1n) is 5.89. The van der Waals surface area contributed by atoms with Gasteiger partial charge in [0.05, 0.1) is 6.54 Å². The van der Waals surface area contributed by atoms with E-state index in [2.05, 4.69) is 15.6 Å². The lowest BCUT2D eigenvalue weighted by Crippen LogP contribution is -2.34. The molecular weight excluding hydrogens is 238 g/mol. The molecule has 4 nitrogen and oxygen atoms in total. The zero-order valence-electron chi connectivity index (χ0n) is 9.58.